The standard InChI is InChI=1S/2C14H21NO4S.2C3H6O.2C3H8.5CH4/c2*1-8(9(2)16)15-7-10-12(20)6-11(17-3)14(19-5)13(10)18-4;2*1-3(2)4;2*1-3-2;;;;;/h2*6,8,15,20H,7H2,1-5H3;2*1-2H3;2*3H2,1-2H3;5*1H4. The topological polar surface area (TPSA) is 148 Å². The Kier molecular flexibility index (Phi) is 59.0. The highest BCUT2D eigenvalue weighted by atomic mass is 32.1. The third-order valence-electron chi connectivity index (χ3n) is 6.21. The molecule has 0 saturated heterocycles. The number of ether oxygens (including phenoxy) is 6. The van der Waals surface area contributed by atoms with Gasteiger partial charge in [-0.15, -0.1) is 25.3 Å². The average molecular weight is 883 g/mol. The normalized spacial score (nSPS) is 9.56. The third kappa shape index (κ3) is 34.0. The van der Waals surface area contributed by atoms with Crippen LogP contribution < -0.4 is 39.1 Å². The van der Waals surface area contributed by atoms with Crippen molar-refractivity contribution in [2.45, 2.75) is 168 Å². The van der Waals surface area contributed by atoms with Gasteiger partial charge in [0, 0.05) is 34.0 Å². The van der Waals surface area contributed by atoms with Crippen LogP contribution in [0.5, 0.6) is 34.5 Å². The number of benzene rings is 2. The molecule has 2 aromatic carbocycles. The van der Waals surface area contributed by atoms with E-state index in [0.717, 1.165) is 11.1 Å². The molecule has 14 heteroatoms. The number of carbonyl (C=O) groups excluding carboxylic acids is 4. The Morgan fingerprint density at radius 2 is 0.695 bits per heavy atom. The molecule has 0 spiro atoms. The molecule has 0 aliphatic heterocycles. The molecular formula is C45H90N2O10S2. The van der Waals surface area contributed by atoms with Gasteiger partial charge in [0.25, 0.3) is 0 Å². The Balaban J connectivity index is -0.0000000862. The molecular weight excluding hydrogens is 793 g/mol. The summed E-state index contributed by atoms with van der Waals surface area (Å²) in [5.41, 5.74) is 1.64. The number of hydrogen-bond donors (Lipinski definition) is 4. The van der Waals surface area contributed by atoms with Crippen LogP contribution in [0, 0.1) is 0 Å². The molecule has 2 N–H and O–H groups in total. The van der Waals surface area contributed by atoms with Crippen molar-refractivity contribution in [2.24, 2.45) is 0 Å². The van der Waals surface area contributed by atoms with Gasteiger partial charge in [0.05, 0.1) is 54.7 Å². The second kappa shape index (κ2) is 45.6. The van der Waals surface area contributed by atoms with E-state index in [9.17, 15) is 19.2 Å². The van der Waals surface area contributed by atoms with E-state index in [4.69, 9.17) is 28.4 Å². The number of nitrogens with one attached hydrogen (secondary N) is 2. The molecule has 2 unspecified atom stereocenters. The van der Waals surface area contributed by atoms with Crippen molar-refractivity contribution in [3.8, 4) is 34.5 Å². The van der Waals surface area contributed by atoms with Gasteiger partial charge < -0.3 is 48.6 Å². The van der Waals surface area contributed by atoms with Gasteiger partial charge in [0.15, 0.2) is 23.0 Å². The van der Waals surface area contributed by atoms with E-state index in [2.05, 4.69) is 63.6 Å². The number of hydrogen-bond acceptors (Lipinski definition) is 14. The third-order valence-corrected chi connectivity index (χ3v) is 7.01. The lowest BCUT2D eigenvalue weighted by atomic mass is 10.1. The highest BCUT2D eigenvalue weighted by Gasteiger charge is 2.21. The SMILES string of the molecule is C.C.C.C.C.CC(C)=O.CC(C)=O.CCC.CCC.COc1cc(S)c(CNC(C)C(C)=O)c(OC)c1OC.COc1cc(S)c(CNC(C)C(C)=O)c(OC)c1OC. The van der Waals surface area contributed by atoms with Crippen LogP contribution in [-0.2, 0) is 32.3 Å². The van der Waals surface area contributed by atoms with Gasteiger partial charge in [-0.1, -0.05) is 77.7 Å². The van der Waals surface area contributed by atoms with Gasteiger partial charge in [0.1, 0.15) is 23.1 Å². The number of ketones is 4. The van der Waals surface area contributed by atoms with Gasteiger partial charge in [0.2, 0.25) is 11.5 Å². The number of carbonyl (C=O) groups is 4. The molecule has 2 atom stereocenters. The second-order valence-corrected chi connectivity index (χ2v) is 12.9. The first-order chi connectivity index (χ1) is 25.2. The van der Waals surface area contributed by atoms with Crippen molar-refractivity contribution in [2.75, 3.05) is 42.7 Å². The highest BCUT2D eigenvalue weighted by molar-refractivity contribution is 7.80. The zero-order valence-corrected chi connectivity index (χ0v) is 37.9. The lowest BCUT2D eigenvalue weighted by molar-refractivity contribution is -0.119. The van der Waals surface area contributed by atoms with Gasteiger partial charge in [-0.3, -0.25) is 9.59 Å². The zero-order chi connectivity index (χ0) is 43.1. The number of thiol groups is 2. The summed E-state index contributed by atoms with van der Waals surface area (Å²) in [5, 5.41) is 6.26. The molecule has 2 rings (SSSR count). The second-order valence-electron chi connectivity index (χ2n) is 11.9. The molecule has 0 saturated carbocycles. The molecule has 12 nitrogen and oxygen atoms in total. The number of rotatable bonds is 14. The molecule has 0 fully saturated rings. The first-order valence-corrected chi connectivity index (χ1v) is 18.5. The fraction of sp³-hybridized carbons (Fsp3) is 0.644. The summed E-state index contributed by atoms with van der Waals surface area (Å²) in [6, 6.07) is 3.06. The number of Topliss-reactive ketones (excluding diaryl/α,β-unsaturated/α-hetero) is 4. The van der Waals surface area contributed by atoms with Crippen LogP contribution >= 0.6 is 25.3 Å². The first kappa shape index (κ1) is 76.3. The molecule has 0 amide bonds. The van der Waals surface area contributed by atoms with Crippen LogP contribution in [0.3, 0.4) is 0 Å². The summed E-state index contributed by atoms with van der Waals surface area (Å²) in [5.74, 6) is 3.73. The summed E-state index contributed by atoms with van der Waals surface area (Å²) in [6.45, 7) is 22.2. The van der Waals surface area contributed by atoms with E-state index in [1.54, 1.807) is 68.6 Å². The van der Waals surface area contributed by atoms with Crippen LogP contribution in [0.1, 0.15) is 144 Å². The summed E-state index contributed by atoms with van der Waals surface area (Å²) in [6.07, 6.45) is 2.50. The van der Waals surface area contributed by atoms with E-state index in [0.29, 0.717) is 57.4 Å². The maximum absolute atomic E-state index is 11.3. The van der Waals surface area contributed by atoms with Gasteiger partial charge >= 0.3 is 0 Å². The van der Waals surface area contributed by atoms with Crippen LogP contribution in [0.15, 0.2) is 21.9 Å². The smallest absolute Gasteiger partial charge is 0.203 e. The molecule has 0 aliphatic carbocycles. The van der Waals surface area contributed by atoms with E-state index in [-0.39, 0.29) is 72.3 Å². The Morgan fingerprint density at radius 3 is 0.847 bits per heavy atom. The predicted octanol–water partition coefficient (Wildman–Crippen LogP) is 11.3. The summed E-state index contributed by atoms with van der Waals surface area (Å²) in [7, 11) is 9.33. The van der Waals surface area contributed by atoms with Gasteiger partial charge in [-0.25, -0.2) is 0 Å². The maximum Gasteiger partial charge on any atom is 0.203 e. The minimum absolute atomic E-state index is 0. The van der Waals surface area contributed by atoms with E-state index >= 15 is 0 Å². The van der Waals surface area contributed by atoms with Crippen molar-refractivity contribution in [1.82, 2.24) is 10.6 Å². The van der Waals surface area contributed by atoms with Crippen LogP contribution in [-0.4, -0.2) is 77.9 Å². The van der Waals surface area contributed by atoms with Crippen LogP contribution in [0.2, 0.25) is 0 Å². The van der Waals surface area contributed by atoms with E-state index in [1.165, 1.54) is 40.5 Å². The highest BCUT2D eigenvalue weighted by Crippen LogP contribution is 2.44. The largest absolute Gasteiger partial charge is 0.493 e. The molecule has 352 valence electrons. The van der Waals surface area contributed by atoms with Gasteiger partial charge in [-0.05, 0) is 67.5 Å². The maximum atomic E-state index is 11.3. The predicted molar refractivity (Wildman–Crippen MR) is 259 cm³/mol. The molecule has 0 aromatic heterocycles. The molecule has 0 bridgehead atoms. The van der Waals surface area contributed by atoms with Crippen LogP contribution in [0.4, 0.5) is 0 Å². The summed E-state index contributed by atoms with van der Waals surface area (Å²) < 4.78 is 32.0. The minimum Gasteiger partial charge on any atom is -0.493 e. The lowest BCUT2D eigenvalue weighted by Crippen LogP contribution is -2.32. The van der Waals surface area contributed by atoms with Crippen molar-refractivity contribution < 1.29 is 47.6 Å². The molecule has 0 aliphatic rings. The quantitative estimate of drug-likeness (QED) is 0.134. The van der Waals surface area contributed by atoms with E-state index in [1.807, 2.05) is 13.8 Å². The Morgan fingerprint density at radius 1 is 0.492 bits per heavy atom. The van der Waals surface area contributed by atoms with Crippen molar-refractivity contribution in [3.63, 3.8) is 0 Å². The summed E-state index contributed by atoms with van der Waals surface area (Å²) in [4.78, 5) is 42.9. The van der Waals surface area contributed by atoms with Crippen molar-refractivity contribution in [1.29, 1.82) is 0 Å². The summed E-state index contributed by atoms with van der Waals surface area (Å²) >= 11 is 8.89. The Labute approximate surface area is 373 Å². The zero-order valence-electron chi connectivity index (χ0n) is 36.1. The average Bonchev–Trinajstić information content (AvgIpc) is 3.09. The van der Waals surface area contributed by atoms with E-state index < -0.39 is 0 Å². The fourth-order valence-corrected chi connectivity index (χ4v) is 4.14. The minimum atomic E-state index is -0.236. The molecule has 59 heavy (non-hydrogen) atoms. The molecule has 2 aromatic rings. The molecule has 0 heterocycles. The fourth-order valence-electron chi connectivity index (χ4n) is 3.55. The van der Waals surface area contributed by atoms with Crippen molar-refractivity contribution in [3.05, 3.63) is 23.3 Å². The first-order valence-electron chi connectivity index (χ1n) is 17.6. The van der Waals surface area contributed by atoms with Gasteiger partial charge in [-0.2, -0.15) is 0 Å². The Bertz CT molecular complexity index is 1280. The Hall–Kier alpha value is -3.46. The lowest BCUT2D eigenvalue weighted by Gasteiger charge is -2.19. The monoisotopic (exact) mass is 883 g/mol. The number of methoxy groups -OCH3 is 6. The van der Waals surface area contributed by atoms with Crippen molar-refractivity contribution >= 4 is 48.4 Å². The van der Waals surface area contributed by atoms with Crippen LogP contribution in [0.25, 0.3) is 0 Å². The molecule has 0 radical (unpaired) electrons.